The van der Waals surface area contributed by atoms with Crippen LogP contribution in [0.25, 0.3) is 0 Å². The van der Waals surface area contributed by atoms with Crippen LogP contribution in [0.5, 0.6) is 0 Å². The Kier molecular flexibility index (Phi) is 3.50. The van der Waals surface area contributed by atoms with Crippen LogP contribution < -0.4 is 5.32 Å². The summed E-state index contributed by atoms with van der Waals surface area (Å²) in [4.78, 5) is 0. The molecule has 5 unspecified atom stereocenters. The molecule has 0 radical (unpaired) electrons. The van der Waals surface area contributed by atoms with Crippen molar-refractivity contribution in [3.63, 3.8) is 0 Å². The van der Waals surface area contributed by atoms with Crippen LogP contribution in [0.1, 0.15) is 45.4 Å². The van der Waals surface area contributed by atoms with Gasteiger partial charge in [-0.1, -0.05) is 31.9 Å². The van der Waals surface area contributed by atoms with Crippen molar-refractivity contribution < 1.29 is 5.11 Å². The molecule has 18 heavy (non-hydrogen) atoms. The highest BCUT2D eigenvalue weighted by Gasteiger charge is 2.38. The van der Waals surface area contributed by atoms with E-state index in [1.807, 2.05) is 0 Å². The lowest BCUT2D eigenvalue weighted by Crippen LogP contribution is -2.53. The van der Waals surface area contributed by atoms with Gasteiger partial charge in [-0.3, -0.25) is 0 Å². The number of aliphatic hydroxyl groups excluding tert-OH is 1. The van der Waals surface area contributed by atoms with Crippen molar-refractivity contribution in [2.45, 2.75) is 51.0 Å². The standard InChI is InChI=1S/C16H27NO/c1-12-3-2-6-16(9-12,11-18)17-10-15-8-13-4-5-14(15)7-13/h4-5,12-15,17-18H,2-3,6-11H2,1H3. The van der Waals surface area contributed by atoms with Gasteiger partial charge in [-0.25, -0.2) is 0 Å². The Hall–Kier alpha value is -0.340. The van der Waals surface area contributed by atoms with Gasteiger partial charge in [-0.15, -0.1) is 0 Å². The van der Waals surface area contributed by atoms with Gasteiger partial charge in [0.2, 0.25) is 0 Å². The van der Waals surface area contributed by atoms with Gasteiger partial charge in [0, 0.05) is 5.54 Å². The Bertz CT molecular complexity index is 327. The molecule has 2 fully saturated rings. The molecule has 3 aliphatic carbocycles. The first-order chi connectivity index (χ1) is 8.71. The molecule has 102 valence electrons. The zero-order valence-corrected chi connectivity index (χ0v) is 11.6. The van der Waals surface area contributed by atoms with Crippen LogP contribution in [-0.4, -0.2) is 23.8 Å². The zero-order valence-electron chi connectivity index (χ0n) is 11.6. The zero-order chi connectivity index (χ0) is 12.6. The van der Waals surface area contributed by atoms with E-state index in [-0.39, 0.29) is 5.54 Å². The monoisotopic (exact) mass is 249 g/mol. The topological polar surface area (TPSA) is 32.3 Å². The predicted octanol–water partition coefficient (Wildman–Crippen LogP) is 2.73. The predicted molar refractivity (Wildman–Crippen MR) is 74.3 cm³/mol. The van der Waals surface area contributed by atoms with Gasteiger partial charge < -0.3 is 10.4 Å². The average molecular weight is 249 g/mol. The van der Waals surface area contributed by atoms with Crippen LogP contribution in [0.2, 0.25) is 0 Å². The van der Waals surface area contributed by atoms with Crippen molar-refractivity contribution in [2.75, 3.05) is 13.2 Å². The molecule has 0 heterocycles. The van der Waals surface area contributed by atoms with Crippen molar-refractivity contribution in [2.24, 2.45) is 23.7 Å². The molecular formula is C16H27NO. The Morgan fingerprint density at radius 3 is 2.83 bits per heavy atom. The second-order valence-corrected chi connectivity index (χ2v) is 7.06. The Morgan fingerprint density at radius 1 is 1.33 bits per heavy atom. The smallest absolute Gasteiger partial charge is 0.0613 e. The Labute approximate surface area is 111 Å². The molecule has 3 aliphatic rings. The summed E-state index contributed by atoms with van der Waals surface area (Å²) in [6, 6.07) is 0. The van der Waals surface area contributed by atoms with Crippen LogP contribution in [-0.2, 0) is 0 Å². The van der Waals surface area contributed by atoms with Gasteiger partial charge in [-0.05, 0) is 55.9 Å². The van der Waals surface area contributed by atoms with Gasteiger partial charge >= 0.3 is 0 Å². The minimum atomic E-state index is 0.0310. The van der Waals surface area contributed by atoms with E-state index in [9.17, 15) is 5.11 Å². The van der Waals surface area contributed by atoms with Gasteiger partial charge in [-0.2, -0.15) is 0 Å². The van der Waals surface area contributed by atoms with E-state index in [1.165, 1.54) is 25.7 Å². The lowest BCUT2D eigenvalue weighted by atomic mass is 9.76. The van der Waals surface area contributed by atoms with E-state index in [2.05, 4.69) is 24.4 Å². The molecule has 0 spiro atoms. The Balaban J connectivity index is 1.56. The van der Waals surface area contributed by atoms with E-state index in [0.717, 1.165) is 43.1 Å². The Morgan fingerprint density at radius 2 is 2.22 bits per heavy atom. The molecule has 2 nitrogen and oxygen atoms in total. The van der Waals surface area contributed by atoms with E-state index < -0.39 is 0 Å². The molecule has 0 aromatic heterocycles. The van der Waals surface area contributed by atoms with Crippen LogP contribution >= 0.6 is 0 Å². The number of aliphatic hydroxyl groups is 1. The summed E-state index contributed by atoms with van der Waals surface area (Å²) in [5.41, 5.74) is 0.0310. The van der Waals surface area contributed by atoms with Gasteiger partial charge in [0.1, 0.15) is 0 Å². The first-order valence-electron chi connectivity index (χ1n) is 7.75. The number of hydrogen-bond acceptors (Lipinski definition) is 2. The second-order valence-electron chi connectivity index (χ2n) is 7.06. The number of fused-ring (bicyclic) bond motifs is 2. The minimum absolute atomic E-state index is 0.0310. The van der Waals surface area contributed by atoms with Gasteiger partial charge in [0.25, 0.3) is 0 Å². The fourth-order valence-corrected chi connectivity index (χ4v) is 4.50. The number of nitrogens with one attached hydrogen (secondary N) is 1. The van der Waals surface area contributed by atoms with Crippen LogP contribution in [0.3, 0.4) is 0 Å². The van der Waals surface area contributed by atoms with Gasteiger partial charge in [0.05, 0.1) is 6.61 Å². The summed E-state index contributed by atoms with van der Waals surface area (Å²) >= 11 is 0. The fourth-order valence-electron chi connectivity index (χ4n) is 4.50. The third-order valence-corrected chi connectivity index (χ3v) is 5.55. The third-order valence-electron chi connectivity index (χ3n) is 5.55. The first kappa shape index (κ1) is 12.7. The molecule has 2 heteroatoms. The van der Waals surface area contributed by atoms with Crippen molar-refractivity contribution >= 4 is 0 Å². The summed E-state index contributed by atoms with van der Waals surface area (Å²) in [7, 11) is 0. The molecule has 2 N–H and O–H groups in total. The third kappa shape index (κ3) is 2.37. The summed E-state index contributed by atoms with van der Waals surface area (Å²) in [6.07, 6.45) is 12.5. The summed E-state index contributed by atoms with van der Waals surface area (Å²) in [6.45, 7) is 3.75. The molecule has 0 aliphatic heterocycles. The average Bonchev–Trinajstić information content (AvgIpc) is 2.98. The lowest BCUT2D eigenvalue weighted by Gasteiger charge is -2.40. The van der Waals surface area contributed by atoms with E-state index in [1.54, 1.807) is 0 Å². The van der Waals surface area contributed by atoms with Crippen molar-refractivity contribution in [1.82, 2.24) is 5.32 Å². The lowest BCUT2D eigenvalue weighted by molar-refractivity contribution is 0.0941. The molecule has 0 aromatic rings. The van der Waals surface area contributed by atoms with E-state index >= 15 is 0 Å². The van der Waals surface area contributed by atoms with Crippen molar-refractivity contribution in [3.05, 3.63) is 12.2 Å². The summed E-state index contributed by atoms with van der Waals surface area (Å²) in [5, 5.41) is 13.5. The van der Waals surface area contributed by atoms with Crippen LogP contribution in [0.4, 0.5) is 0 Å². The van der Waals surface area contributed by atoms with E-state index in [0.29, 0.717) is 6.61 Å². The molecule has 0 saturated heterocycles. The SMILES string of the molecule is CC1CCCC(CO)(NCC2CC3C=CC2C3)C1. The maximum absolute atomic E-state index is 9.79. The normalized spacial score (nSPS) is 46.8. The fraction of sp³-hybridized carbons (Fsp3) is 0.875. The van der Waals surface area contributed by atoms with Crippen LogP contribution in [0.15, 0.2) is 12.2 Å². The second kappa shape index (κ2) is 4.97. The summed E-state index contributed by atoms with van der Waals surface area (Å²) < 4.78 is 0. The number of hydrogen-bond donors (Lipinski definition) is 2. The van der Waals surface area contributed by atoms with Crippen LogP contribution in [0, 0.1) is 23.7 Å². The molecule has 5 atom stereocenters. The quantitative estimate of drug-likeness (QED) is 0.751. The summed E-state index contributed by atoms with van der Waals surface area (Å²) in [5.74, 6) is 3.26. The molecule has 2 bridgehead atoms. The highest BCUT2D eigenvalue weighted by atomic mass is 16.3. The number of rotatable bonds is 4. The minimum Gasteiger partial charge on any atom is -0.394 e. The maximum Gasteiger partial charge on any atom is 0.0613 e. The van der Waals surface area contributed by atoms with Crippen molar-refractivity contribution in [3.8, 4) is 0 Å². The van der Waals surface area contributed by atoms with Gasteiger partial charge in [0.15, 0.2) is 0 Å². The molecule has 2 saturated carbocycles. The molecule has 0 amide bonds. The van der Waals surface area contributed by atoms with E-state index in [4.69, 9.17) is 0 Å². The molecular weight excluding hydrogens is 222 g/mol. The first-order valence-corrected chi connectivity index (χ1v) is 7.75. The maximum atomic E-state index is 9.79. The highest BCUT2D eigenvalue weighted by molar-refractivity contribution is 5.10. The highest BCUT2D eigenvalue weighted by Crippen LogP contribution is 2.43. The molecule has 0 aromatic carbocycles. The molecule has 3 rings (SSSR count). The van der Waals surface area contributed by atoms with Crippen molar-refractivity contribution in [1.29, 1.82) is 0 Å². The number of allylic oxidation sites excluding steroid dienone is 2. The largest absolute Gasteiger partial charge is 0.394 e.